The maximum atomic E-state index is 10.7. The minimum Gasteiger partial charge on any atom is -0.466 e. The van der Waals surface area contributed by atoms with Gasteiger partial charge in [0.1, 0.15) is 0 Å². The van der Waals surface area contributed by atoms with Crippen LogP contribution in [0, 0.1) is 0 Å². The molecule has 0 bridgehead atoms. The number of anilines is 1. The summed E-state index contributed by atoms with van der Waals surface area (Å²) < 4.78 is 4.45. The molecular weight excluding hydrogens is 202 g/mol. The highest BCUT2D eigenvalue weighted by atomic mass is 35.5. The molecule has 0 atom stereocenters. The molecule has 0 saturated carbocycles. The van der Waals surface area contributed by atoms with E-state index in [9.17, 15) is 4.79 Å². The Kier molecular flexibility index (Phi) is 5.41. The lowest BCUT2D eigenvalue weighted by molar-refractivity contribution is -0.134. The van der Waals surface area contributed by atoms with Crippen LogP contribution in [0.3, 0.4) is 0 Å². The third kappa shape index (κ3) is 3.96. The highest BCUT2D eigenvalue weighted by Crippen LogP contribution is 2.07. The second-order valence-corrected chi connectivity index (χ2v) is 2.53. The Balaban J connectivity index is 0.00000169. The fourth-order valence-electron chi connectivity index (χ4n) is 0.895. The first kappa shape index (κ1) is 12.5. The molecule has 1 aromatic rings. The van der Waals surface area contributed by atoms with Gasteiger partial charge in [0.2, 0.25) is 0 Å². The summed E-state index contributed by atoms with van der Waals surface area (Å²) in [5.41, 5.74) is 7.10. The van der Waals surface area contributed by atoms with E-state index in [0.29, 0.717) is 5.69 Å². The third-order valence-corrected chi connectivity index (χ3v) is 1.52. The Labute approximate surface area is 89.0 Å². The van der Waals surface area contributed by atoms with Gasteiger partial charge in [0, 0.05) is 11.8 Å². The summed E-state index contributed by atoms with van der Waals surface area (Å²) >= 11 is 0. The lowest BCUT2D eigenvalue weighted by Crippen LogP contribution is -1.93. The molecule has 0 aliphatic rings. The first-order chi connectivity index (χ1) is 6.22. The average Bonchev–Trinajstić information content (AvgIpc) is 2.14. The monoisotopic (exact) mass is 213 g/mol. The van der Waals surface area contributed by atoms with Gasteiger partial charge < -0.3 is 10.5 Å². The maximum absolute atomic E-state index is 10.7. The number of halogens is 1. The number of carbonyl (C=O) groups excluding carboxylic acids is 1. The van der Waals surface area contributed by atoms with E-state index < -0.39 is 0 Å². The smallest absolute Gasteiger partial charge is 0.330 e. The Morgan fingerprint density at radius 1 is 1.50 bits per heavy atom. The topological polar surface area (TPSA) is 52.3 Å². The molecule has 0 radical (unpaired) electrons. The molecule has 1 aromatic carbocycles. The number of rotatable bonds is 2. The largest absolute Gasteiger partial charge is 0.466 e. The zero-order valence-corrected chi connectivity index (χ0v) is 8.58. The molecule has 0 unspecified atom stereocenters. The summed E-state index contributed by atoms with van der Waals surface area (Å²) in [6.45, 7) is 0. The standard InChI is InChI=1S/C10H11NO2.ClH/c1-13-10(12)6-5-8-3-2-4-9(11)7-8;/h2-7H,11H2,1H3;1H/b6-5+;. The molecule has 0 aliphatic heterocycles. The van der Waals surface area contributed by atoms with Crippen molar-refractivity contribution in [1.29, 1.82) is 0 Å². The van der Waals surface area contributed by atoms with Gasteiger partial charge in [-0.05, 0) is 23.8 Å². The number of hydrogen-bond acceptors (Lipinski definition) is 3. The first-order valence-corrected chi connectivity index (χ1v) is 3.84. The molecule has 3 nitrogen and oxygen atoms in total. The van der Waals surface area contributed by atoms with E-state index in [1.165, 1.54) is 13.2 Å². The SMILES string of the molecule is COC(=O)/C=C/c1cccc(N)c1.Cl. The molecule has 2 N–H and O–H groups in total. The number of nitrogen functional groups attached to an aromatic ring is 1. The fraction of sp³-hybridized carbons (Fsp3) is 0.100. The van der Waals surface area contributed by atoms with Crippen molar-refractivity contribution in [1.82, 2.24) is 0 Å². The number of ether oxygens (including phenoxy) is 1. The van der Waals surface area contributed by atoms with E-state index in [0.717, 1.165) is 5.56 Å². The molecule has 4 heteroatoms. The molecule has 0 aromatic heterocycles. The van der Waals surface area contributed by atoms with E-state index in [1.54, 1.807) is 18.2 Å². The molecule has 0 heterocycles. The van der Waals surface area contributed by atoms with Crippen LogP contribution in [0.15, 0.2) is 30.3 Å². The van der Waals surface area contributed by atoms with Gasteiger partial charge in [-0.2, -0.15) is 0 Å². The van der Waals surface area contributed by atoms with E-state index in [-0.39, 0.29) is 18.4 Å². The predicted molar refractivity (Wildman–Crippen MR) is 59.2 cm³/mol. The second-order valence-electron chi connectivity index (χ2n) is 2.53. The average molecular weight is 214 g/mol. The zero-order valence-electron chi connectivity index (χ0n) is 7.77. The second kappa shape index (κ2) is 6.05. The van der Waals surface area contributed by atoms with Crippen molar-refractivity contribution in [3.63, 3.8) is 0 Å². The van der Waals surface area contributed by atoms with Crippen molar-refractivity contribution < 1.29 is 9.53 Å². The summed E-state index contributed by atoms with van der Waals surface area (Å²) in [4.78, 5) is 10.7. The van der Waals surface area contributed by atoms with Crippen molar-refractivity contribution in [2.45, 2.75) is 0 Å². The van der Waals surface area contributed by atoms with Gasteiger partial charge in [0.15, 0.2) is 0 Å². The van der Waals surface area contributed by atoms with Gasteiger partial charge in [-0.15, -0.1) is 12.4 Å². The van der Waals surface area contributed by atoms with Crippen LogP contribution in [0.4, 0.5) is 5.69 Å². The quantitative estimate of drug-likeness (QED) is 0.464. The van der Waals surface area contributed by atoms with Crippen molar-refractivity contribution >= 4 is 30.1 Å². The zero-order chi connectivity index (χ0) is 9.68. The van der Waals surface area contributed by atoms with Gasteiger partial charge in [-0.25, -0.2) is 4.79 Å². The summed E-state index contributed by atoms with van der Waals surface area (Å²) in [5, 5.41) is 0. The Morgan fingerprint density at radius 3 is 2.79 bits per heavy atom. The van der Waals surface area contributed by atoms with Crippen LogP contribution in [0.1, 0.15) is 5.56 Å². The minimum atomic E-state index is -0.373. The molecule has 0 fully saturated rings. The molecular formula is C10H12ClNO2. The number of hydrogen-bond donors (Lipinski definition) is 1. The van der Waals surface area contributed by atoms with E-state index in [1.807, 2.05) is 12.1 Å². The van der Waals surface area contributed by atoms with Gasteiger partial charge in [0.25, 0.3) is 0 Å². The molecule has 14 heavy (non-hydrogen) atoms. The number of methoxy groups -OCH3 is 1. The van der Waals surface area contributed by atoms with Crippen LogP contribution in [0.5, 0.6) is 0 Å². The van der Waals surface area contributed by atoms with Gasteiger partial charge >= 0.3 is 5.97 Å². The summed E-state index contributed by atoms with van der Waals surface area (Å²) in [6.07, 6.45) is 3.01. The number of carbonyl (C=O) groups is 1. The Bertz CT molecular complexity index is 337. The molecule has 0 amide bonds. The first-order valence-electron chi connectivity index (χ1n) is 3.84. The Hall–Kier alpha value is -1.48. The van der Waals surface area contributed by atoms with Gasteiger partial charge in [-0.1, -0.05) is 12.1 Å². The van der Waals surface area contributed by atoms with E-state index in [4.69, 9.17) is 5.73 Å². The molecule has 1 rings (SSSR count). The maximum Gasteiger partial charge on any atom is 0.330 e. The lowest BCUT2D eigenvalue weighted by Gasteiger charge is -1.95. The van der Waals surface area contributed by atoms with Gasteiger partial charge in [-0.3, -0.25) is 0 Å². The van der Waals surface area contributed by atoms with Crippen LogP contribution >= 0.6 is 12.4 Å². The third-order valence-electron chi connectivity index (χ3n) is 1.52. The highest BCUT2D eigenvalue weighted by Gasteiger charge is 1.91. The minimum absolute atomic E-state index is 0. The number of nitrogens with two attached hydrogens (primary N) is 1. The van der Waals surface area contributed by atoms with Crippen LogP contribution in [0.25, 0.3) is 6.08 Å². The van der Waals surface area contributed by atoms with Gasteiger partial charge in [0.05, 0.1) is 7.11 Å². The van der Waals surface area contributed by atoms with E-state index >= 15 is 0 Å². The Morgan fingerprint density at radius 2 is 2.21 bits per heavy atom. The summed E-state index contributed by atoms with van der Waals surface area (Å²) in [6, 6.07) is 7.25. The summed E-state index contributed by atoms with van der Waals surface area (Å²) in [5.74, 6) is -0.373. The van der Waals surface area contributed by atoms with Crippen LogP contribution in [-0.2, 0) is 9.53 Å². The van der Waals surface area contributed by atoms with Crippen LogP contribution in [0.2, 0.25) is 0 Å². The summed E-state index contributed by atoms with van der Waals surface area (Å²) in [7, 11) is 1.34. The van der Waals surface area contributed by atoms with Crippen molar-refractivity contribution in [3.05, 3.63) is 35.9 Å². The van der Waals surface area contributed by atoms with Crippen molar-refractivity contribution in [3.8, 4) is 0 Å². The fourth-order valence-corrected chi connectivity index (χ4v) is 0.895. The number of benzene rings is 1. The highest BCUT2D eigenvalue weighted by molar-refractivity contribution is 5.87. The molecule has 0 spiro atoms. The number of esters is 1. The predicted octanol–water partition coefficient (Wildman–Crippen LogP) is 1.88. The van der Waals surface area contributed by atoms with Crippen molar-refractivity contribution in [2.75, 3.05) is 12.8 Å². The van der Waals surface area contributed by atoms with Crippen LogP contribution < -0.4 is 5.73 Å². The lowest BCUT2D eigenvalue weighted by atomic mass is 10.2. The molecule has 0 aliphatic carbocycles. The molecule has 0 saturated heterocycles. The van der Waals surface area contributed by atoms with E-state index in [2.05, 4.69) is 4.74 Å². The normalized spacial score (nSPS) is 9.50. The van der Waals surface area contributed by atoms with Crippen molar-refractivity contribution in [2.24, 2.45) is 0 Å². The molecule has 76 valence electrons. The van der Waals surface area contributed by atoms with Crippen LogP contribution in [-0.4, -0.2) is 13.1 Å².